The Kier molecular flexibility index (Phi) is 6.38. The number of dihydropyridines is 1. The van der Waals surface area contributed by atoms with E-state index in [1.165, 1.54) is 0 Å². The minimum Gasteiger partial charge on any atom is -0.496 e. The largest absolute Gasteiger partial charge is 0.496 e. The van der Waals surface area contributed by atoms with E-state index >= 15 is 0 Å². The number of allylic oxidation sites excluding steroid dienone is 3. The third kappa shape index (κ3) is 4.05. The van der Waals surface area contributed by atoms with Crippen LogP contribution >= 0.6 is 11.6 Å². The zero-order valence-electron chi connectivity index (χ0n) is 18.4. The molecule has 1 heterocycles. The van der Waals surface area contributed by atoms with Crippen LogP contribution in [0.1, 0.15) is 49.7 Å². The molecule has 2 aliphatic rings. The molecule has 0 fully saturated rings. The summed E-state index contributed by atoms with van der Waals surface area (Å²) in [6.07, 6.45) is 1.03. The fraction of sp³-hybridized carbons (Fsp3) is 0.308. The van der Waals surface area contributed by atoms with Gasteiger partial charge in [-0.15, -0.1) is 0 Å². The summed E-state index contributed by atoms with van der Waals surface area (Å²) in [4.78, 5) is 26.5. The Labute approximate surface area is 193 Å². The number of hydrogen-bond donors (Lipinski definition) is 1. The van der Waals surface area contributed by atoms with Gasteiger partial charge in [0, 0.05) is 34.0 Å². The van der Waals surface area contributed by atoms with Gasteiger partial charge in [0.25, 0.3) is 0 Å². The number of halogens is 1. The number of nitrogens with one attached hydrogen (secondary N) is 1. The molecule has 6 heteroatoms. The van der Waals surface area contributed by atoms with Gasteiger partial charge in [-0.25, -0.2) is 4.79 Å². The monoisotopic (exact) mass is 451 g/mol. The highest BCUT2D eigenvalue weighted by Crippen LogP contribution is 2.47. The molecule has 166 valence electrons. The van der Waals surface area contributed by atoms with Crippen LogP contribution in [0.2, 0.25) is 5.02 Å². The fourth-order valence-corrected chi connectivity index (χ4v) is 4.83. The first-order chi connectivity index (χ1) is 15.4. The summed E-state index contributed by atoms with van der Waals surface area (Å²) in [5.74, 6) is -0.272. The van der Waals surface area contributed by atoms with Gasteiger partial charge < -0.3 is 14.8 Å². The Morgan fingerprint density at radius 1 is 1.12 bits per heavy atom. The number of esters is 1. The lowest BCUT2D eigenvalue weighted by Crippen LogP contribution is -2.36. The summed E-state index contributed by atoms with van der Waals surface area (Å²) in [7, 11) is 1.59. The molecule has 0 amide bonds. The van der Waals surface area contributed by atoms with Crippen LogP contribution in [0, 0.1) is 0 Å². The third-order valence-corrected chi connectivity index (χ3v) is 6.37. The minimum absolute atomic E-state index is 0.0175. The second kappa shape index (κ2) is 9.21. The number of carbonyl (C=O) groups excluding carboxylic acids is 2. The summed E-state index contributed by atoms with van der Waals surface area (Å²) < 4.78 is 11.0. The SMILES string of the molecule is CCOC(=O)C1=C(C)NC2=C(C(=O)C[C@@H](c3ccc(Cl)cc3)C2)[C@H]1c1ccccc1OC. The predicted octanol–water partition coefficient (Wildman–Crippen LogP) is 5.27. The van der Waals surface area contributed by atoms with Crippen LogP contribution in [0.4, 0.5) is 0 Å². The van der Waals surface area contributed by atoms with Gasteiger partial charge in [-0.05, 0) is 49.9 Å². The van der Waals surface area contributed by atoms with Crippen LogP contribution in [-0.4, -0.2) is 25.5 Å². The summed E-state index contributed by atoms with van der Waals surface area (Å²) >= 11 is 6.05. The average Bonchev–Trinajstić information content (AvgIpc) is 2.78. The smallest absolute Gasteiger partial charge is 0.336 e. The molecular weight excluding hydrogens is 426 g/mol. The van der Waals surface area contributed by atoms with E-state index in [2.05, 4.69) is 5.32 Å². The van der Waals surface area contributed by atoms with E-state index in [-0.39, 0.29) is 18.3 Å². The number of rotatable bonds is 5. The van der Waals surface area contributed by atoms with Crippen molar-refractivity contribution in [2.24, 2.45) is 0 Å². The highest BCUT2D eigenvalue weighted by molar-refractivity contribution is 6.30. The molecule has 1 N–H and O–H groups in total. The van der Waals surface area contributed by atoms with E-state index in [1.807, 2.05) is 55.5 Å². The Morgan fingerprint density at radius 2 is 1.84 bits per heavy atom. The maximum absolute atomic E-state index is 13.6. The Morgan fingerprint density at radius 3 is 2.53 bits per heavy atom. The molecule has 1 aliphatic heterocycles. The quantitative estimate of drug-likeness (QED) is 0.627. The molecule has 32 heavy (non-hydrogen) atoms. The normalized spacial score (nSPS) is 20.6. The molecule has 0 spiro atoms. The van der Waals surface area contributed by atoms with Gasteiger partial charge in [-0.3, -0.25) is 4.79 Å². The van der Waals surface area contributed by atoms with E-state index in [9.17, 15) is 9.59 Å². The highest BCUT2D eigenvalue weighted by Gasteiger charge is 2.42. The van der Waals surface area contributed by atoms with Crippen molar-refractivity contribution in [2.75, 3.05) is 13.7 Å². The van der Waals surface area contributed by atoms with Gasteiger partial charge in [0.15, 0.2) is 5.78 Å². The maximum atomic E-state index is 13.6. The van der Waals surface area contributed by atoms with Crippen LogP contribution in [0.5, 0.6) is 5.75 Å². The first-order valence-corrected chi connectivity index (χ1v) is 11.1. The first kappa shape index (κ1) is 22.2. The van der Waals surface area contributed by atoms with Crippen LogP contribution in [0.3, 0.4) is 0 Å². The minimum atomic E-state index is -0.542. The number of ketones is 1. The predicted molar refractivity (Wildman–Crippen MR) is 124 cm³/mol. The molecule has 0 bridgehead atoms. The van der Waals surface area contributed by atoms with Crippen molar-refractivity contribution < 1.29 is 19.1 Å². The van der Waals surface area contributed by atoms with E-state index in [0.29, 0.717) is 40.5 Å². The molecule has 0 radical (unpaired) electrons. The summed E-state index contributed by atoms with van der Waals surface area (Å²) in [6, 6.07) is 15.2. The average molecular weight is 452 g/mol. The fourth-order valence-electron chi connectivity index (χ4n) is 4.71. The Hall–Kier alpha value is -3.05. The lowest BCUT2D eigenvalue weighted by Gasteiger charge is -2.37. The molecule has 2 atom stereocenters. The standard InChI is InChI=1S/C26H26ClNO4/c1-4-32-26(30)23-15(2)28-20-13-17(16-9-11-18(27)12-10-16)14-21(29)25(20)24(23)19-7-5-6-8-22(19)31-3/h5-12,17,24,28H,4,13-14H2,1-3H3/t17-,24-/m0/s1. The van der Waals surface area contributed by atoms with Gasteiger partial charge in [0.1, 0.15) is 5.75 Å². The van der Waals surface area contributed by atoms with Crippen molar-refractivity contribution in [1.29, 1.82) is 0 Å². The van der Waals surface area contributed by atoms with E-state index < -0.39 is 11.9 Å². The zero-order valence-corrected chi connectivity index (χ0v) is 19.2. The zero-order chi connectivity index (χ0) is 22.8. The molecule has 0 saturated heterocycles. The number of para-hydroxylation sites is 1. The highest BCUT2D eigenvalue weighted by atomic mass is 35.5. The van der Waals surface area contributed by atoms with Crippen molar-refractivity contribution in [3.8, 4) is 5.75 Å². The molecule has 5 nitrogen and oxygen atoms in total. The second-order valence-corrected chi connectivity index (χ2v) is 8.47. The molecule has 0 saturated carbocycles. The van der Waals surface area contributed by atoms with Gasteiger partial charge in [0.2, 0.25) is 0 Å². The van der Waals surface area contributed by atoms with Gasteiger partial charge in [-0.2, -0.15) is 0 Å². The number of hydrogen-bond acceptors (Lipinski definition) is 5. The third-order valence-electron chi connectivity index (χ3n) is 6.11. The van der Waals surface area contributed by atoms with Crippen LogP contribution in [0.25, 0.3) is 0 Å². The summed E-state index contributed by atoms with van der Waals surface area (Å²) in [6.45, 7) is 3.89. The van der Waals surface area contributed by atoms with E-state index in [4.69, 9.17) is 21.1 Å². The van der Waals surface area contributed by atoms with Crippen molar-refractivity contribution in [1.82, 2.24) is 5.32 Å². The van der Waals surface area contributed by atoms with E-state index in [0.717, 1.165) is 16.8 Å². The van der Waals surface area contributed by atoms with Crippen LogP contribution < -0.4 is 10.1 Å². The molecule has 2 aromatic rings. The van der Waals surface area contributed by atoms with Crippen molar-refractivity contribution in [3.05, 3.63) is 87.2 Å². The van der Waals surface area contributed by atoms with Gasteiger partial charge in [0.05, 0.1) is 25.2 Å². The lowest BCUT2D eigenvalue weighted by atomic mass is 9.71. The number of benzene rings is 2. The van der Waals surface area contributed by atoms with Crippen molar-refractivity contribution in [2.45, 2.75) is 38.5 Å². The first-order valence-electron chi connectivity index (χ1n) is 10.7. The molecule has 2 aromatic carbocycles. The number of ether oxygens (including phenoxy) is 2. The number of methoxy groups -OCH3 is 1. The second-order valence-electron chi connectivity index (χ2n) is 8.03. The van der Waals surface area contributed by atoms with Crippen molar-refractivity contribution in [3.63, 3.8) is 0 Å². The molecule has 0 aromatic heterocycles. The van der Waals surface area contributed by atoms with Crippen LogP contribution in [-0.2, 0) is 14.3 Å². The maximum Gasteiger partial charge on any atom is 0.336 e. The molecule has 4 rings (SSSR count). The van der Waals surface area contributed by atoms with Crippen molar-refractivity contribution >= 4 is 23.4 Å². The summed E-state index contributed by atoms with van der Waals surface area (Å²) in [5, 5.41) is 4.02. The summed E-state index contributed by atoms with van der Waals surface area (Å²) in [5.41, 5.74) is 4.47. The lowest BCUT2D eigenvalue weighted by molar-refractivity contribution is -0.138. The Balaban J connectivity index is 1.82. The molecule has 1 aliphatic carbocycles. The molecule has 0 unspecified atom stereocenters. The topological polar surface area (TPSA) is 64.6 Å². The number of carbonyl (C=O) groups is 2. The Bertz CT molecular complexity index is 1120. The van der Waals surface area contributed by atoms with E-state index in [1.54, 1.807) is 14.0 Å². The number of Topliss-reactive ketones (excluding diaryl/α,β-unsaturated/α-hetero) is 1. The van der Waals surface area contributed by atoms with Gasteiger partial charge in [-0.1, -0.05) is 41.9 Å². The van der Waals surface area contributed by atoms with Gasteiger partial charge >= 0.3 is 5.97 Å². The van der Waals surface area contributed by atoms with Crippen LogP contribution in [0.15, 0.2) is 71.1 Å². The molecular formula is C26H26ClNO4.